The van der Waals surface area contributed by atoms with Crippen molar-refractivity contribution < 1.29 is 13.2 Å². The van der Waals surface area contributed by atoms with Crippen LogP contribution in [-0.2, 0) is 16.4 Å². The number of para-hydroxylation sites is 2. The number of carbonyl (C=O) groups is 1. The Morgan fingerprint density at radius 1 is 0.968 bits per heavy atom. The van der Waals surface area contributed by atoms with Crippen LogP contribution in [-0.4, -0.2) is 32.9 Å². The molecule has 31 heavy (non-hydrogen) atoms. The molecule has 0 aliphatic heterocycles. The van der Waals surface area contributed by atoms with Gasteiger partial charge in [0, 0.05) is 36.3 Å². The number of rotatable bonds is 7. The molecule has 0 unspecified atom stereocenters. The molecule has 1 aromatic heterocycles. The van der Waals surface area contributed by atoms with E-state index in [1.165, 1.54) is 23.5 Å². The van der Waals surface area contributed by atoms with Gasteiger partial charge in [0.2, 0.25) is 0 Å². The second-order valence-electron chi connectivity index (χ2n) is 7.20. The van der Waals surface area contributed by atoms with E-state index in [4.69, 9.17) is 0 Å². The number of anilines is 1. The van der Waals surface area contributed by atoms with Gasteiger partial charge in [-0.3, -0.25) is 9.10 Å². The number of hydrogen-bond donors (Lipinski definition) is 2. The molecule has 0 aliphatic rings. The molecule has 0 atom stereocenters. The van der Waals surface area contributed by atoms with E-state index in [1.807, 2.05) is 36.5 Å². The highest BCUT2D eigenvalue weighted by atomic mass is 32.2. The fourth-order valence-corrected chi connectivity index (χ4v) is 4.73. The van der Waals surface area contributed by atoms with Crippen molar-refractivity contribution in [3.63, 3.8) is 0 Å². The summed E-state index contributed by atoms with van der Waals surface area (Å²) in [4.78, 5) is 15.9. The molecule has 0 fully saturated rings. The summed E-state index contributed by atoms with van der Waals surface area (Å²) in [6.45, 7) is 0.446. The molecule has 0 spiro atoms. The molecule has 0 aliphatic carbocycles. The van der Waals surface area contributed by atoms with Crippen LogP contribution in [0.1, 0.15) is 15.9 Å². The van der Waals surface area contributed by atoms with Crippen LogP contribution in [0.25, 0.3) is 10.9 Å². The van der Waals surface area contributed by atoms with Gasteiger partial charge < -0.3 is 10.3 Å². The minimum atomic E-state index is -3.78. The number of aromatic nitrogens is 1. The third-order valence-corrected chi connectivity index (χ3v) is 7.01. The van der Waals surface area contributed by atoms with E-state index >= 15 is 0 Å². The fourth-order valence-electron chi connectivity index (χ4n) is 3.48. The Hall–Kier alpha value is -3.58. The van der Waals surface area contributed by atoms with Gasteiger partial charge in [-0.25, -0.2) is 8.42 Å². The van der Waals surface area contributed by atoms with Crippen LogP contribution in [0.2, 0.25) is 0 Å². The Morgan fingerprint density at radius 2 is 1.71 bits per heavy atom. The number of nitrogens with one attached hydrogen (secondary N) is 2. The smallest absolute Gasteiger partial charge is 0.264 e. The van der Waals surface area contributed by atoms with Crippen LogP contribution in [0.5, 0.6) is 0 Å². The summed E-state index contributed by atoms with van der Waals surface area (Å²) in [6, 6.07) is 22.9. The molecule has 4 rings (SSSR count). The Balaban J connectivity index is 1.45. The topological polar surface area (TPSA) is 82.3 Å². The zero-order valence-electron chi connectivity index (χ0n) is 17.1. The van der Waals surface area contributed by atoms with Gasteiger partial charge in [-0.15, -0.1) is 0 Å². The lowest BCUT2D eigenvalue weighted by Gasteiger charge is -2.19. The molecule has 0 saturated carbocycles. The first-order chi connectivity index (χ1) is 15.0. The van der Waals surface area contributed by atoms with Crippen molar-refractivity contribution in [1.29, 1.82) is 0 Å². The zero-order chi connectivity index (χ0) is 21.8. The molecule has 0 radical (unpaired) electrons. The van der Waals surface area contributed by atoms with Gasteiger partial charge in [0.1, 0.15) is 0 Å². The van der Waals surface area contributed by atoms with Gasteiger partial charge in [-0.2, -0.15) is 0 Å². The number of benzene rings is 3. The van der Waals surface area contributed by atoms with E-state index in [1.54, 1.807) is 36.4 Å². The maximum Gasteiger partial charge on any atom is 0.264 e. The summed E-state index contributed by atoms with van der Waals surface area (Å²) in [5.74, 6) is -0.306. The van der Waals surface area contributed by atoms with Crippen molar-refractivity contribution in [1.82, 2.24) is 10.3 Å². The number of sulfonamides is 1. The highest BCUT2D eigenvalue weighted by Crippen LogP contribution is 2.22. The molecule has 2 N–H and O–H groups in total. The first-order valence-electron chi connectivity index (χ1n) is 9.94. The number of carbonyl (C=O) groups excluding carboxylic acids is 1. The van der Waals surface area contributed by atoms with Gasteiger partial charge in [0.05, 0.1) is 10.6 Å². The summed E-state index contributed by atoms with van der Waals surface area (Å²) >= 11 is 0. The molecule has 158 valence electrons. The Morgan fingerprint density at radius 3 is 2.52 bits per heavy atom. The Kier molecular flexibility index (Phi) is 5.77. The van der Waals surface area contributed by atoms with E-state index in [2.05, 4.69) is 10.3 Å². The molecule has 4 aromatic rings. The number of hydrogen-bond acceptors (Lipinski definition) is 3. The van der Waals surface area contributed by atoms with E-state index < -0.39 is 10.0 Å². The second kappa shape index (κ2) is 8.65. The molecule has 0 bridgehead atoms. The molecule has 1 amide bonds. The molecule has 0 saturated heterocycles. The van der Waals surface area contributed by atoms with Gasteiger partial charge in [0.15, 0.2) is 0 Å². The van der Waals surface area contributed by atoms with E-state index in [0.717, 1.165) is 16.5 Å². The third kappa shape index (κ3) is 4.32. The Bertz CT molecular complexity index is 1310. The summed E-state index contributed by atoms with van der Waals surface area (Å²) in [7, 11) is -2.28. The first kappa shape index (κ1) is 20.7. The van der Waals surface area contributed by atoms with Crippen LogP contribution < -0.4 is 9.62 Å². The van der Waals surface area contributed by atoms with Crippen molar-refractivity contribution >= 4 is 32.5 Å². The van der Waals surface area contributed by atoms with Crippen molar-refractivity contribution in [3.8, 4) is 0 Å². The highest BCUT2D eigenvalue weighted by molar-refractivity contribution is 7.92. The average Bonchev–Trinajstić information content (AvgIpc) is 3.22. The summed E-state index contributed by atoms with van der Waals surface area (Å²) in [6.07, 6.45) is 2.62. The molecular formula is C24H23N3O3S. The molecule has 1 heterocycles. The average molecular weight is 434 g/mol. The quantitative estimate of drug-likeness (QED) is 0.463. The van der Waals surface area contributed by atoms with E-state index in [-0.39, 0.29) is 10.8 Å². The van der Waals surface area contributed by atoms with Crippen LogP contribution in [0.4, 0.5) is 5.69 Å². The van der Waals surface area contributed by atoms with Crippen molar-refractivity contribution in [2.45, 2.75) is 11.3 Å². The minimum Gasteiger partial charge on any atom is -0.361 e. The Labute approximate surface area is 181 Å². The largest absolute Gasteiger partial charge is 0.361 e. The number of H-pyrrole nitrogens is 1. The molecule has 3 aromatic carbocycles. The van der Waals surface area contributed by atoms with Crippen LogP contribution in [0.15, 0.2) is 90.0 Å². The number of aromatic amines is 1. The number of amides is 1. The number of nitrogens with zero attached hydrogens (tertiary/aromatic N) is 1. The lowest BCUT2D eigenvalue weighted by molar-refractivity contribution is 0.0954. The number of fused-ring (bicyclic) bond motifs is 1. The maximum atomic E-state index is 13.0. The SMILES string of the molecule is CN(c1ccccc1)S(=O)(=O)c1cccc(C(=O)NCCc2c[nH]c3ccccc23)c1. The zero-order valence-corrected chi connectivity index (χ0v) is 17.9. The lowest BCUT2D eigenvalue weighted by Crippen LogP contribution is -2.28. The van der Waals surface area contributed by atoms with Crippen molar-refractivity contribution in [2.75, 3.05) is 17.9 Å². The predicted molar refractivity (Wildman–Crippen MR) is 123 cm³/mol. The van der Waals surface area contributed by atoms with Crippen molar-refractivity contribution in [2.24, 2.45) is 0 Å². The predicted octanol–water partition coefficient (Wildman–Crippen LogP) is 3.97. The highest BCUT2D eigenvalue weighted by Gasteiger charge is 2.22. The van der Waals surface area contributed by atoms with Crippen LogP contribution in [0, 0.1) is 0 Å². The molecule has 6 nitrogen and oxygen atoms in total. The van der Waals surface area contributed by atoms with Crippen LogP contribution >= 0.6 is 0 Å². The van der Waals surface area contributed by atoms with E-state index in [0.29, 0.717) is 24.2 Å². The lowest BCUT2D eigenvalue weighted by atomic mass is 10.1. The standard InChI is InChI=1S/C24H23N3O3S/c1-27(20-9-3-2-4-10-20)31(29,30)21-11-7-8-18(16-21)24(28)25-15-14-19-17-26-23-13-6-5-12-22(19)23/h2-13,16-17,26H,14-15H2,1H3,(H,25,28). The summed E-state index contributed by atoms with van der Waals surface area (Å²) in [5.41, 5.74) is 3.04. The third-order valence-electron chi connectivity index (χ3n) is 5.23. The fraction of sp³-hybridized carbons (Fsp3) is 0.125. The molecule has 7 heteroatoms. The first-order valence-corrected chi connectivity index (χ1v) is 11.4. The molecular weight excluding hydrogens is 410 g/mol. The van der Waals surface area contributed by atoms with Gasteiger partial charge in [-0.1, -0.05) is 42.5 Å². The normalized spacial score (nSPS) is 11.4. The van der Waals surface area contributed by atoms with Crippen molar-refractivity contribution in [3.05, 3.63) is 96.2 Å². The van der Waals surface area contributed by atoms with Crippen LogP contribution in [0.3, 0.4) is 0 Å². The van der Waals surface area contributed by atoms with E-state index in [9.17, 15) is 13.2 Å². The summed E-state index contributed by atoms with van der Waals surface area (Å²) < 4.78 is 27.2. The summed E-state index contributed by atoms with van der Waals surface area (Å²) in [5, 5.41) is 4.01. The monoisotopic (exact) mass is 433 g/mol. The van der Waals surface area contributed by atoms with Gasteiger partial charge in [0.25, 0.3) is 15.9 Å². The maximum absolute atomic E-state index is 13.0. The van der Waals surface area contributed by atoms with Gasteiger partial charge in [-0.05, 0) is 48.4 Å². The second-order valence-corrected chi connectivity index (χ2v) is 9.17. The minimum absolute atomic E-state index is 0.0723. The van der Waals surface area contributed by atoms with Gasteiger partial charge >= 0.3 is 0 Å².